The third-order valence-corrected chi connectivity index (χ3v) is 6.20. The highest BCUT2D eigenvalue weighted by molar-refractivity contribution is 5.86. The number of halogens is 4. The summed E-state index contributed by atoms with van der Waals surface area (Å²) in [4.78, 5) is 25.5. The number of carbonyl (C=O) groups is 2. The van der Waals surface area contributed by atoms with Gasteiger partial charge in [0.2, 0.25) is 0 Å². The van der Waals surface area contributed by atoms with Crippen LogP contribution in [0.25, 0.3) is 0 Å². The van der Waals surface area contributed by atoms with Gasteiger partial charge in [0.25, 0.3) is 5.91 Å². The summed E-state index contributed by atoms with van der Waals surface area (Å²) < 4.78 is 52.1. The maximum absolute atomic E-state index is 14.4. The third-order valence-electron chi connectivity index (χ3n) is 6.20. The zero-order valence-electron chi connectivity index (χ0n) is 16.3. The molecule has 0 unspecified atom stereocenters. The van der Waals surface area contributed by atoms with Gasteiger partial charge in [-0.2, -0.15) is 13.2 Å². The van der Waals surface area contributed by atoms with Gasteiger partial charge in [-0.05, 0) is 44.4 Å². The molecule has 0 aromatic rings. The second-order valence-corrected chi connectivity index (χ2v) is 8.53. The van der Waals surface area contributed by atoms with Crippen molar-refractivity contribution in [3.05, 3.63) is 0 Å². The Bertz CT molecular complexity index is 608. The summed E-state index contributed by atoms with van der Waals surface area (Å²) in [6.07, 6.45) is 0.394. The van der Waals surface area contributed by atoms with E-state index in [2.05, 4.69) is 4.90 Å². The van der Waals surface area contributed by atoms with Gasteiger partial charge in [0, 0.05) is 38.6 Å². The van der Waals surface area contributed by atoms with Crippen molar-refractivity contribution in [2.24, 2.45) is 11.8 Å². The second-order valence-electron chi connectivity index (χ2n) is 8.53. The molecule has 4 aliphatic rings. The van der Waals surface area contributed by atoms with Crippen LogP contribution in [-0.2, 0) is 14.3 Å². The van der Waals surface area contributed by atoms with Crippen LogP contribution in [0.5, 0.6) is 0 Å². The van der Waals surface area contributed by atoms with Gasteiger partial charge in [0.05, 0.1) is 12.7 Å². The Kier molecular flexibility index (Phi) is 6.72. The predicted octanol–water partition coefficient (Wildman–Crippen LogP) is 2.47. The summed E-state index contributed by atoms with van der Waals surface area (Å²) in [6, 6.07) is 0. The summed E-state index contributed by atoms with van der Waals surface area (Å²) in [5, 5.41) is 7.12. The quantitative estimate of drug-likeness (QED) is 0.705. The number of piperidine rings is 1. The predicted molar refractivity (Wildman–Crippen MR) is 95.0 cm³/mol. The lowest BCUT2D eigenvalue weighted by Crippen LogP contribution is -2.56. The first-order valence-corrected chi connectivity index (χ1v) is 10.2. The van der Waals surface area contributed by atoms with Gasteiger partial charge in [-0.3, -0.25) is 4.79 Å². The van der Waals surface area contributed by atoms with Crippen LogP contribution in [0.15, 0.2) is 0 Å². The molecular weight excluding hydrogens is 396 g/mol. The standard InChI is InChI=1S/C17H27FN2O2.C2HF3O2/c18-17(5-1-6-17)16(21)20-7-4-14-11-19(10-13-2-3-13)8-9-22-15(14)12-20;3-2(4,5)1(6)7/h13-15H,1-12H2;(H,6,7)/t14-,15-;/m1./s1. The molecule has 0 spiro atoms. The monoisotopic (exact) mass is 424 g/mol. The number of amides is 1. The van der Waals surface area contributed by atoms with Gasteiger partial charge in [-0.25, -0.2) is 9.18 Å². The smallest absolute Gasteiger partial charge is 0.475 e. The van der Waals surface area contributed by atoms with Gasteiger partial charge in [-0.1, -0.05) is 0 Å². The zero-order chi connectivity index (χ0) is 21.2. The normalized spacial score (nSPS) is 29.6. The minimum atomic E-state index is -5.08. The molecule has 2 atom stereocenters. The van der Waals surface area contributed by atoms with Gasteiger partial charge in [-0.15, -0.1) is 0 Å². The zero-order valence-corrected chi connectivity index (χ0v) is 16.3. The lowest BCUT2D eigenvalue weighted by atomic mass is 9.80. The molecule has 2 heterocycles. The number of carboxylic acid groups (broad SMARTS) is 1. The number of hydrogen-bond acceptors (Lipinski definition) is 4. The highest BCUT2D eigenvalue weighted by Gasteiger charge is 2.48. The maximum atomic E-state index is 14.4. The molecule has 0 aromatic carbocycles. The van der Waals surface area contributed by atoms with E-state index in [9.17, 15) is 22.4 Å². The summed E-state index contributed by atoms with van der Waals surface area (Å²) in [5.41, 5.74) is -1.56. The Balaban J connectivity index is 0.000000298. The molecule has 1 amide bonds. The Morgan fingerprint density at radius 2 is 1.76 bits per heavy atom. The maximum Gasteiger partial charge on any atom is 0.490 e. The number of alkyl halides is 4. The number of carboxylic acids is 1. The van der Waals surface area contributed by atoms with Crippen LogP contribution >= 0.6 is 0 Å². The number of ether oxygens (including phenoxy) is 1. The second kappa shape index (κ2) is 8.75. The number of rotatable bonds is 3. The number of likely N-dealkylation sites (tertiary alicyclic amines) is 1. The summed E-state index contributed by atoms with van der Waals surface area (Å²) in [6.45, 7) is 5.34. The minimum absolute atomic E-state index is 0.102. The molecule has 2 aliphatic carbocycles. The molecule has 2 saturated heterocycles. The fourth-order valence-electron chi connectivity index (χ4n) is 4.12. The molecule has 1 N–H and O–H groups in total. The first-order valence-electron chi connectivity index (χ1n) is 10.2. The molecule has 6 nitrogen and oxygen atoms in total. The van der Waals surface area contributed by atoms with Crippen LogP contribution in [-0.4, -0.2) is 84.1 Å². The van der Waals surface area contributed by atoms with Gasteiger partial charge in [0.1, 0.15) is 0 Å². The summed E-state index contributed by atoms with van der Waals surface area (Å²) >= 11 is 0. The number of aliphatic carboxylic acids is 1. The van der Waals surface area contributed by atoms with E-state index in [1.165, 1.54) is 19.4 Å². The van der Waals surface area contributed by atoms with E-state index in [-0.39, 0.29) is 12.0 Å². The van der Waals surface area contributed by atoms with Crippen molar-refractivity contribution in [1.29, 1.82) is 0 Å². The van der Waals surface area contributed by atoms with Crippen LogP contribution in [0.1, 0.15) is 38.5 Å². The van der Waals surface area contributed by atoms with Crippen molar-refractivity contribution in [3.8, 4) is 0 Å². The average Bonchev–Trinajstić information content (AvgIpc) is 3.45. The number of hydrogen-bond donors (Lipinski definition) is 1. The highest BCUT2D eigenvalue weighted by atomic mass is 19.4. The van der Waals surface area contributed by atoms with E-state index in [4.69, 9.17) is 14.6 Å². The first kappa shape index (κ1) is 22.3. The molecule has 10 heteroatoms. The summed E-state index contributed by atoms with van der Waals surface area (Å²) in [7, 11) is 0. The number of carbonyl (C=O) groups excluding carboxylic acids is 1. The molecule has 4 fully saturated rings. The van der Waals surface area contributed by atoms with Crippen molar-refractivity contribution >= 4 is 11.9 Å². The van der Waals surface area contributed by atoms with Crippen molar-refractivity contribution in [2.45, 2.75) is 56.5 Å². The van der Waals surface area contributed by atoms with Crippen molar-refractivity contribution < 1.29 is 37.0 Å². The van der Waals surface area contributed by atoms with Crippen LogP contribution < -0.4 is 0 Å². The summed E-state index contributed by atoms with van der Waals surface area (Å²) in [5.74, 6) is -1.63. The lowest BCUT2D eigenvalue weighted by Gasteiger charge is -2.42. The van der Waals surface area contributed by atoms with E-state index < -0.39 is 17.8 Å². The van der Waals surface area contributed by atoms with Crippen LogP contribution in [0.3, 0.4) is 0 Å². The number of nitrogens with zero attached hydrogens (tertiary/aromatic N) is 2. The largest absolute Gasteiger partial charge is 0.490 e. The van der Waals surface area contributed by atoms with Gasteiger partial charge in [0.15, 0.2) is 5.67 Å². The van der Waals surface area contributed by atoms with E-state index in [0.717, 1.165) is 38.5 Å². The van der Waals surface area contributed by atoms with E-state index in [1.54, 1.807) is 4.90 Å². The van der Waals surface area contributed by atoms with E-state index >= 15 is 0 Å². The van der Waals surface area contributed by atoms with E-state index in [1.807, 2.05) is 0 Å². The van der Waals surface area contributed by atoms with E-state index in [0.29, 0.717) is 31.8 Å². The topological polar surface area (TPSA) is 70.1 Å². The average molecular weight is 424 g/mol. The molecule has 4 rings (SSSR count). The molecule has 0 radical (unpaired) electrons. The Hall–Kier alpha value is -1.42. The minimum Gasteiger partial charge on any atom is -0.475 e. The van der Waals surface area contributed by atoms with Crippen LogP contribution in [0, 0.1) is 11.8 Å². The van der Waals surface area contributed by atoms with Gasteiger partial charge < -0.3 is 19.6 Å². The fraction of sp³-hybridized carbons (Fsp3) is 0.895. The first-order chi connectivity index (χ1) is 13.6. The van der Waals surface area contributed by atoms with Gasteiger partial charge >= 0.3 is 12.1 Å². The molecule has 166 valence electrons. The fourth-order valence-corrected chi connectivity index (χ4v) is 4.12. The molecule has 2 aliphatic heterocycles. The Morgan fingerprint density at radius 1 is 1.10 bits per heavy atom. The molecule has 29 heavy (non-hydrogen) atoms. The molecule has 2 saturated carbocycles. The highest BCUT2D eigenvalue weighted by Crippen LogP contribution is 2.39. The molecule has 0 bridgehead atoms. The van der Waals surface area contributed by atoms with Crippen molar-refractivity contribution in [2.75, 3.05) is 39.3 Å². The number of fused-ring (bicyclic) bond motifs is 1. The Labute approximate surface area is 167 Å². The third kappa shape index (κ3) is 5.81. The van der Waals surface area contributed by atoms with Crippen molar-refractivity contribution in [1.82, 2.24) is 9.80 Å². The molecular formula is C19H28F4N2O4. The lowest BCUT2D eigenvalue weighted by molar-refractivity contribution is -0.192. The van der Waals surface area contributed by atoms with Crippen LogP contribution in [0.4, 0.5) is 17.6 Å². The SMILES string of the molecule is O=C(N1CC[C@@H]2CN(CC3CC3)CCO[C@@H]2C1)C1(F)CCC1.O=C(O)C(F)(F)F. The molecule has 0 aromatic heterocycles. The Morgan fingerprint density at radius 3 is 2.28 bits per heavy atom. The van der Waals surface area contributed by atoms with Crippen molar-refractivity contribution in [3.63, 3.8) is 0 Å². The van der Waals surface area contributed by atoms with Crippen LogP contribution in [0.2, 0.25) is 0 Å².